The summed E-state index contributed by atoms with van der Waals surface area (Å²) in [5, 5.41) is 17.9. The van der Waals surface area contributed by atoms with Crippen molar-refractivity contribution in [2.75, 3.05) is 6.26 Å². The first-order chi connectivity index (χ1) is 3.27. The summed E-state index contributed by atoms with van der Waals surface area (Å²) in [6.07, 6.45) is 1.85. The van der Waals surface area contributed by atoms with Gasteiger partial charge in [-0.1, -0.05) is 0 Å². The minimum absolute atomic E-state index is 1.30. The van der Waals surface area contributed by atoms with Gasteiger partial charge in [0.15, 0.2) is 0 Å². The van der Waals surface area contributed by atoms with Gasteiger partial charge in [-0.3, -0.25) is 0 Å². The average Bonchev–Trinajstić information content (AvgIpc) is 1.61. The molecular weight excluding hydrogens is 111 g/mol. The van der Waals surface area contributed by atoms with Gasteiger partial charge in [0.25, 0.3) is 0 Å². The van der Waals surface area contributed by atoms with Crippen molar-refractivity contribution in [3.05, 3.63) is 11.4 Å². The first kappa shape index (κ1) is 7.07. The lowest BCUT2D eigenvalue weighted by Gasteiger charge is -1.81. The summed E-state index contributed by atoms with van der Waals surface area (Å²) >= 11 is 1.43. The van der Waals surface area contributed by atoms with Crippen molar-refractivity contribution < 1.29 is 10.0 Å². The van der Waals surface area contributed by atoms with E-state index in [1.807, 2.05) is 6.26 Å². The second-order valence-electron chi connectivity index (χ2n) is 0.978. The van der Waals surface area contributed by atoms with Crippen molar-refractivity contribution in [3.8, 4) is 0 Å². The van der Waals surface area contributed by atoms with Gasteiger partial charge in [0.1, 0.15) is 0 Å². The maximum Gasteiger partial charge on any atom is 0.481 e. The van der Waals surface area contributed by atoms with Crippen LogP contribution in [0.25, 0.3) is 0 Å². The molecular formula is C3H7BO2S. The Morgan fingerprint density at radius 1 is 1.57 bits per heavy atom. The third kappa shape index (κ3) is 6.07. The van der Waals surface area contributed by atoms with Crippen LogP contribution in [0.15, 0.2) is 11.4 Å². The quantitative estimate of drug-likeness (QED) is 0.496. The molecule has 0 aromatic carbocycles. The molecule has 0 aliphatic heterocycles. The highest BCUT2D eigenvalue weighted by Gasteiger charge is 1.95. The lowest BCUT2D eigenvalue weighted by molar-refractivity contribution is 0.424. The zero-order valence-corrected chi connectivity index (χ0v) is 4.85. The van der Waals surface area contributed by atoms with Crippen molar-refractivity contribution in [2.45, 2.75) is 0 Å². The van der Waals surface area contributed by atoms with Crippen molar-refractivity contribution >= 4 is 18.9 Å². The molecule has 0 aliphatic rings. The fourth-order valence-corrected chi connectivity index (χ4v) is 0.447. The number of thioether (sulfide) groups is 1. The van der Waals surface area contributed by atoms with E-state index in [0.717, 1.165) is 0 Å². The molecule has 0 unspecified atom stereocenters. The summed E-state index contributed by atoms with van der Waals surface area (Å²) in [6, 6.07) is 0. The summed E-state index contributed by atoms with van der Waals surface area (Å²) in [5.74, 6) is 1.30. The van der Waals surface area contributed by atoms with Crippen LogP contribution in [0.5, 0.6) is 0 Å². The molecule has 0 amide bonds. The fourth-order valence-electron chi connectivity index (χ4n) is 0.149. The van der Waals surface area contributed by atoms with E-state index in [9.17, 15) is 0 Å². The second kappa shape index (κ2) is 4.24. The van der Waals surface area contributed by atoms with E-state index < -0.39 is 7.12 Å². The zero-order chi connectivity index (χ0) is 5.70. The first-order valence-electron chi connectivity index (χ1n) is 1.83. The van der Waals surface area contributed by atoms with Crippen LogP contribution in [0.2, 0.25) is 0 Å². The van der Waals surface area contributed by atoms with E-state index in [-0.39, 0.29) is 0 Å². The maximum atomic E-state index is 8.14. The van der Waals surface area contributed by atoms with Gasteiger partial charge >= 0.3 is 7.12 Å². The lowest BCUT2D eigenvalue weighted by Crippen LogP contribution is -2.04. The minimum atomic E-state index is -1.30. The zero-order valence-electron chi connectivity index (χ0n) is 4.03. The maximum absolute atomic E-state index is 8.14. The molecule has 7 heavy (non-hydrogen) atoms. The summed E-state index contributed by atoms with van der Waals surface area (Å²) in [5.41, 5.74) is 0. The largest absolute Gasteiger partial charge is 0.481 e. The summed E-state index contributed by atoms with van der Waals surface area (Å²) in [7, 11) is -1.30. The van der Waals surface area contributed by atoms with E-state index in [2.05, 4.69) is 0 Å². The third-order valence-electron chi connectivity index (χ3n) is 0.387. The van der Waals surface area contributed by atoms with Crippen LogP contribution in [0.3, 0.4) is 0 Å². The predicted molar refractivity (Wildman–Crippen MR) is 32.8 cm³/mol. The molecule has 0 spiro atoms. The standard InChI is InChI=1S/C3H7BO2S/c1-7-3-2-4(5)6/h2-3,5-6H,1H3. The van der Waals surface area contributed by atoms with Crippen LogP contribution in [0.1, 0.15) is 0 Å². The molecule has 0 saturated heterocycles. The van der Waals surface area contributed by atoms with Crippen LogP contribution in [-0.4, -0.2) is 23.4 Å². The van der Waals surface area contributed by atoms with Crippen LogP contribution in [-0.2, 0) is 0 Å². The van der Waals surface area contributed by atoms with E-state index in [0.29, 0.717) is 0 Å². The molecule has 40 valence electrons. The SMILES string of the molecule is CSC=CB(O)O. The normalized spacial score (nSPS) is 10.1. The van der Waals surface area contributed by atoms with Gasteiger partial charge in [0, 0.05) is 0 Å². The molecule has 0 heterocycles. The van der Waals surface area contributed by atoms with Gasteiger partial charge in [0.05, 0.1) is 0 Å². The average molecular weight is 118 g/mol. The summed E-state index contributed by atoms with van der Waals surface area (Å²) < 4.78 is 0. The molecule has 0 aromatic heterocycles. The highest BCUT2D eigenvalue weighted by molar-refractivity contribution is 8.01. The molecule has 2 N–H and O–H groups in total. The summed E-state index contributed by atoms with van der Waals surface area (Å²) in [6.45, 7) is 0. The van der Waals surface area contributed by atoms with Crippen molar-refractivity contribution in [1.29, 1.82) is 0 Å². The van der Waals surface area contributed by atoms with Crippen LogP contribution in [0, 0.1) is 0 Å². The van der Waals surface area contributed by atoms with Gasteiger partial charge in [0.2, 0.25) is 0 Å². The Morgan fingerprint density at radius 3 is 2.29 bits per heavy atom. The Bertz CT molecular complexity index is 64.0. The van der Waals surface area contributed by atoms with Gasteiger partial charge < -0.3 is 10.0 Å². The Kier molecular flexibility index (Phi) is 4.28. The van der Waals surface area contributed by atoms with Gasteiger partial charge in [-0.15, -0.1) is 11.8 Å². The van der Waals surface area contributed by atoms with Crippen molar-refractivity contribution in [3.63, 3.8) is 0 Å². The monoisotopic (exact) mass is 118 g/mol. The second-order valence-corrected chi connectivity index (χ2v) is 1.72. The van der Waals surface area contributed by atoms with Gasteiger partial charge in [-0.2, -0.15) is 0 Å². The van der Waals surface area contributed by atoms with Crippen molar-refractivity contribution in [1.82, 2.24) is 0 Å². The minimum Gasteiger partial charge on any atom is -0.424 e. The number of hydrogen-bond acceptors (Lipinski definition) is 3. The van der Waals surface area contributed by atoms with Crippen LogP contribution in [0.4, 0.5) is 0 Å². The topological polar surface area (TPSA) is 40.5 Å². The van der Waals surface area contributed by atoms with Gasteiger partial charge in [-0.25, -0.2) is 0 Å². The Morgan fingerprint density at radius 2 is 2.14 bits per heavy atom. The Hall–Kier alpha value is 0.0749. The van der Waals surface area contributed by atoms with Crippen LogP contribution >= 0.6 is 11.8 Å². The molecule has 0 aromatic rings. The molecule has 0 atom stereocenters. The molecule has 0 aliphatic carbocycles. The van der Waals surface area contributed by atoms with E-state index in [1.165, 1.54) is 17.7 Å². The molecule has 0 fully saturated rings. The van der Waals surface area contributed by atoms with E-state index >= 15 is 0 Å². The fraction of sp³-hybridized carbons (Fsp3) is 0.333. The summed E-state index contributed by atoms with van der Waals surface area (Å²) in [4.78, 5) is 0. The Balaban J connectivity index is 3.08. The molecule has 0 bridgehead atoms. The molecule has 0 radical (unpaired) electrons. The number of rotatable bonds is 2. The molecule has 2 nitrogen and oxygen atoms in total. The highest BCUT2D eigenvalue weighted by Crippen LogP contribution is 1.91. The van der Waals surface area contributed by atoms with Crippen LogP contribution < -0.4 is 0 Å². The molecule has 0 rings (SSSR count). The highest BCUT2D eigenvalue weighted by atomic mass is 32.2. The van der Waals surface area contributed by atoms with E-state index in [4.69, 9.17) is 10.0 Å². The molecule has 4 heteroatoms. The Labute approximate surface area is 47.4 Å². The molecule has 0 saturated carbocycles. The lowest BCUT2D eigenvalue weighted by atomic mass is 9.94. The third-order valence-corrected chi connectivity index (χ3v) is 0.816. The smallest absolute Gasteiger partial charge is 0.424 e. The van der Waals surface area contributed by atoms with Gasteiger partial charge in [-0.05, 0) is 17.6 Å². The first-order valence-corrected chi connectivity index (χ1v) is 3.11. The van der Waals surface area contributed by atoms with E-state index in [1.54, 1.807) is 5.41 Å². The number of hydrogen-bond donors (Lipinski definition) is 2. The van der Waals surface area contributed by atoms with Crippen molar-refractivity contribution in [2.24, 2.45) is 0 Å². The predicted octanol–water partition coefficient (Wildman–Crippen LogP) is -0.125.